The van der Waals surface area contributed by atoms with E-state index in [0.717, 1.165) is 28.2 Å². The number of nitrogens with zero attached hydrogens (tertiary/aromatic N) is 2. The lowest BCUT2D eigenvalue weighted by molar-refractivity contribution is 0.0977. The summed E-state index contributed by atoms with van der Waals surface area (Å²) in [6.45, 7) is 0. The Hall–Kier alpha value is -3.89. The molecule has 5 rings (SSSR count). The van der Waals surface area contributed by atoms with Crippen molar-refractivity contribution in [2.24, 2.45) is 4.99 Å². The standard InChI is InChI=1S/C29H23ClN2O2/c1-34-24-17-13-22(14-18-24)29(33)32-27-10-6-5-9-25(27)31-26(20-11-15-23(30)16-12-20)19-28(32)21-7-3-2-4-8-21/h2-18,28H,19H2,1H3/t28-/m1/s1. The van der Waals surface area contributed by atoms with Crippen LogP contribution in [-0.2, 0) is 0 Å². The minimum Gasteiger partial charge on any atom is -0.497 e. The van der Waals surface area contributed by atoms with Crippen molar-refractivity contribution in [2.45, 2.75) is 12.5 Å². The number of fused-ring (bicyclic) bond motifs is 1. The lowest BCUT2D eigenvalue weighted by Crippen LogP contribution is -2.35. The van der Waals surface area contributed by atoms with Gasteiger partial charge in [-0.25, -0.2) is 0 Å². The monoisotopic (exact) mass is 466 g/mol. The van der Waals surface area contributed by atoms with Crippen molar-refractivity contribution in [1.82, 2.24) is 0 Å². The molecular weight excluding hydrogens is 444 g/mol. The Bertz CT molecular complexity index is 1330. The summed E-state index contributed by atoms with van der Waals surface area (Å²) in [7, 11) is 1.61. The van der Waals surface area contributed by atoms with Gasteiger partial charge in [-0.3, -0.25) is 14.7 Å². The zero-order valence-corrected chi connectivity index (χ0v) is 19.4. The second-order valence-corrected chi connectivity index (χ2v) is 8.52. The van der Waals surface area contributed by atoms with Gasteiger partial charge >= 0.3 is 0 Å². The van der Waals surface area contributed by atoms with Crippen LogP contribution in [0.1, 0.15) is 33.9 Å². The summed E-state index contributed by atoms with van der Waals surface area (Å²) in [6.07, 6.45) is 0.558. The van der Waals surface area contributed by atoms with E-state index in [2.05, 4.69) is 12.1 Å². The van der Waals surface area contributed by atoms with Crippen molar-refractivity contribution in [2.75, 3.05) is 12.0 Å². The Morgan fingerprint density at radius 1 is 0.882 bits per heavy atom. The van der Waals surface area contributed by atoms with Gasteiger partial charge in [0, 0.05) is 17.0 Å². The van der Waals surface area contributed by atoms with Crippen molar-refractivity contribution >= 4 is 34.6 Å². The Kier molecular flexibility index (Phi) is 6.15. The largest absolute Gasteiger partial charge is 0.497 e. The quantitative estimate of drug-likeness (QED) is 0.317. The molecule has 0 N–H and O–H groups in total. The van der Waals surface area contributed by atoms with Crippen molar-refractivity contribution in [3.8, 4) is 5.75 Å². The number of carbonyl (C=O) groups excluding carboxylic acids is 1. The summed E-state index contributed by atoms with van der Waals surface area (Å²) in [4.78, 5) is 20.9. The number of methoxy groups -OCH3 is 1. The van der Waals surface area contributed by atoms with E-state index in [1.165, 1.54) is 0 Å². The van der Waals surface area contributed by atoms with Gasteiger partial charge in [0.25, 0.3) is 5.91 Å². The van der Waals surface area contributed by atoms with Crippen LogP contribution in [0.5, 0.6) is 5.75 Å². The highest BCUT2D eigenvalue weighted by atomic mass is 35.5. The molecule has 0 saturated heterocycles. The topological polar surface area (TPSA) is 41.9 Å². The van der Waals surface area contributed by atoms with Gasteiger partial charge in [0.15, 0.2) is 0 Å². The average molecular weight is 467 g/mol. The van der Waals surface area contributed by atoms with Gasteiger partial charge in [0.05, 0.1) is 30.2 Å². The zero-order valence-electron chi connectivity index (χ0n) is 18.7. The summed E-state index contributed by atoms with van der Waals surface area (Å²) in [5.74, 6) is 0.622. The first-order valence-corrected chi connectivity index (χ1v) is 11.5. The maximum Gasteiger partial charge on any atom is 0.258 e. The Morgan fingerprint density at radius 2 is 1.56 bits per heavy atom. The number of benzene rings is 4. The highest BCUT2D eigenvalue weighted by molar-refractivity contribution is 6.30. The molecule has 1 atom stereocenters. The van der Waals surface area contributed by atoms with Gasteiger partial charge in [0.2, 0.25) is 0 Å². The number of halogens is 1. The van der Waals surface area contributed by atoms with Crippen LogP contribution in [0.4, 0.5) is 11.4 Å². The Labute approximate surface area is 204 Å². The maximum absolute atomic E-state index is 14.0. The second kappa shape index (κ2) is 9.54. The van der Waals surface area contributed by atoms with Crippen LogP contribution < -0.4 is 9.64 Å². The number of aliphatic imine (C=N–C) groups is 1. The van der Waals surface area contributed by atoms with Crippen molar-refractivity contribution < 1.29 is 9.53 Å². The van der Waals surface area contributed by atoms with Crippen molar-refractivity contribution in [3.63, 3.8) is 0 Å². The van der Waals surface area contributed by atoms with Crippen LogP contribution in [0.2, 0.25) is 5.02 Å². The molecule has 5 heteroatoms. The van der Waals surface area contributed by atoms with E-state index in [1.807, 2.05) is 83.8 Å². The van der Waals surface area contributed by atoms with Crippen LogP contribution >= 0.6 is 11.6 Å². The molecule has 1 aliphatic rings. The minimum atomic E-state index is -0.242. The fraction of sp³-hybridized carbons (Fsp3) is 0.103. The number of ether oxygens (including phenoxy) is 1. The molecule has 0 spiro atoms. The number of hydrogen-bond acceptors (Lipinski definition) is 3. The number of carbonyl (C=O) groups is 1. The van der Waals surface area contributed by atoms with Crippen LogP contribution in [0.25, 0.3) is 0 Å². The predicted octanol–water partition coefficient (Wildman–Crippen LogP) is 7.26. The van der Waals surface area contributed by atoms with Gasteiger partial charge in [-0.15, -0.1) is 0 Å². The van der Waals surface area contributed by atoms with Gasteiger partial charge in [-0.2, -0.15) is 0 Å². The molecule has 4 aromatic carbocycles. The summed E-state index contributed by atoms with van der Waals surface area (Å²) in [6, 6.07) is 32.6. The fourth-order valence-corrected chi connectivity index (χ4v) is 4.41. The fourth-order valence-electron chi connectivity index (χ4n) is 4.29. The third-order valence-electron chi connectivity index (χ3n) is 6.01. The number of rotatable bonds is 4. The number of para-hydroxylation sites is 2. The van der Waals surface area contributed by atoms with Crippen molar-refractivity contribution in [3.05, 3.63) is 125 Å². The summed E-state index contributed by atoms with van der Waals surface area (Å²) >= 11 is 6.14. The molecule has 0 saturated carbocycles. The van der Waals surface area contributed by atoms with Crippen LogP contribution in [0.3, 0.4) is 0 Å². The summed E-state index contributed by atoms with van der Waals surface area (Å²) in [5.41, 5.74) is 5.06. The van der Waals surface area contributed by atoms with E-state index in [0.29, 0.717) is 22.8 Å². The molecule has 34 heavy (non-hydrogen) atoms. The number of hydrogen-bond donors (Lipinski definition) is 0. The predicted molar refractivity (Wildman–Crippen MR) is 138 cm³/mol. The van der Waals surface area contributed by atoms with Crippen LogP contribution in [-0.4, -0.2) is 18.7 Å². The van der Waals surface area contributed by atoms with Crippen molar-refractivity contribution in [1.29, 1.82) is 0 Å². The van der Waals surface area contributed by atoms with Gasteiger partial charge in [-0.05, 0) is 59.7 Å². The molecule has 0 aromatic heterocycles. The lowest BCUT2D eigenvalue weighted by atomic mass is 9.95. The van der Waals surface area contributed by atoms with E-state index >= 15 is 0 Å². The molecule has 1 heterocycles. The third kappa shape index (κ3) is 4.33. The zero-order chi connectivity index (χ0) is 23.5. The van der Waals surface area contributed by atoms with E-state index in [1.54, 1.807) is 19.2 Å². The Morgan fingerprint density at radius 3 is 2.26 bits per heavy atom. The number of anilines is 1. The molecule has 4 nitrogen and oxygen atoms in total. The first-order chi connectivity index (χ1) is 16.6. The highest BCUT2D eigenvalue weighted by Gasteiger charge is 2.33. The van der Waals surface area contributed by atoms with E-state index in [-0.39, 0.29) is 11.9 Å². The van der Waals surface area contributed by atoms with Gasteiger partial charge in [0.1, 0.15) is 5.75 Å². The van der Waals surface area contributed by atoms with E-state index in [9.17, 15) is 4.79 Å². The molecule has 0 fully saturated rings. The number of amides is 1. The third-order valence-corrected chi connectivity index (χ3v) is 6.26. The summed E-state index contributed by atoms with van der Waals surface area (Å²) < 4.78 is 5.28. The van der Waals surface area contributed by atoms with E-state index in [4.69, 9.17) is 21.3 Å². The first kappa shape index (κ1) is 21.9. The molecule has 4 aromatic rings. The molecule has 168 valence electrons. The molecular formula is C29H23ClN2O2. The maximum atomic E-state index is 14.0. The van der Waals surface area contributed by atoms with Gasteiger partial charge in [-0.1, -0.05) is 66.2 Å². The second-order valence-electron chi connectivity index (χ2n) is 8.09. The normalized spacial score (nSPS) is 15.2. The molecule has 1 amide bonds. The minimum absolute atomic E-state index is 0.0866. The first-order valence-electron chi connectivity index (χ1n) is 11.1. The average Bonchev–Trinajstić information content (AvgIpc) is 3.06. The molecule has 0 bridgehead atoms. The SMILES string of the molecule is COc1ccc(C(=O)N2c3ccccc3N=C(c3ccc(Cl)cc3)C[C@@H]2c2ccccc2)cc1. The molecule has 0 radical (unpaired) electrons. The lowest BCUT2D eigenvalue weighted by Gasteiger charge is -2.32. The summed E-state index contributed by atoms with van der Waals surface area (Å²) in [5, 5.41) is 0.675. The molecule has 0 unspecified atom stereocenters. The van der Waals surface area contributed by atoms with Gasteiger partial charge < -0.3 is 4.74 Å². The Balaban J connectivity index is 1.66. The smallest absolute Gasteiger partial charge is 0.258 e. The molecule has 1 aliphatic heterocycles. The molecule has 0 aliphatic carbocycles. The van der Waals surface area contributed by atoms with E-state index < -0.39 is 0 Å². The van der Waals surface area contributed by atoms with Crippen LogP contribution in [0.15, 0.2) is 108 Å². The highest BCUT2D eigenvalue weighted by Crippen LogP contribution is 2.41. The van der Waals surface area contributed by atoms with Crippen LogP contribution in [0, 0.1) is 0 Å².